The first-order chi connectivity index (χ1) is 22.2. The van der Waals surface area contributed by atoms with Crippen LogP contribution in [0.5, 0.6) is 0 Å². The van der Waals surface area contributed by atoms with E-state index >= 15 is 0 Å². The van der Waals surface area contributed by atoms with Gasteiger partial charge in [-0.3, -0.25) is 29.4 Å². The summed E-state index contributed by atoms with van der Waals surface area (Å²) in [5, 5.41) is 0. The molecular formula is C40H42N4O2. The Kier molecular flexibility index (Phi) is 7.92. The minimum Gasteiger partial charge on any atom is -0.298 e. The minimum absolute atomic E-state index is 0.00550. The van der Waals surface area contributed by atoms with Gasteiger partial charge in [0.05, 0.1) is 6.42 Å². The van der Waals surface area contributed by atoms with E-state index in [9.17, 15) is 9.59 Å². The maximum absolute atomic E-state index is 14.8. The second-order valence-corrected chi connectivity index (χ2v) is 14.3. The molecule has 2 aromatic heterocycles. The first-order valence-electron chi connectivity index (χ1n) is 16.6. The molecule has 3 aliphatic carbocycles. The van der Waals surface area contributed by atoms with Crippen LogP contribution < -0.4 is 0 Å². The topological polar surface area (TPSA) is 75.5 Å². The van der Waals surface area contributed by atoms with Crippen LogP contribution in [0.2, 0.25) is 0 Å². The molecule has 2 bridgehead atoms. The largest absolute Gasteiger partial charge is 0.298 e. The molecule has 2 aromatic carbocycles. The van der Waals surface area contributed by atoms with Crippen LogP contribution in [-0.4, -0.2) is 44.5 Å². The number of pyridine rings is 2. The van der Waals surface area contributed by atoms with Crippen molar-refractivity contribution in [3.8, 4) is 11.1 Å². The monoisotopic (exact) mass is 610 g/mol. The summed E-state index contributed by atoms with van der Waals surface area (Å²) in [7, 11) is 0. The quantitative estimate of drug-likeness (QED) is 0.174. The van der Waals surface area contributed by atoms with E-state index in [0.29, 0.717) is 59.9 Å². The summed E-state index contributed by atoms with van der Waals surface area (Å²) in [4.78, 5) is 44.3. The van der Waals surface area contributed by atoms with Crippen molar-refractivity contribution in [2.45, 2.75) is 58.4 Å². The van der Waals surface area contributed by atoms with Gasteiger partial charge in [-0.15, -0.1) is 0 Å². The fraction of sp³-hybridized carbons (Fsp3) is 0.375. The molecule has 0 spiro atoms. The molecule has 0 saturated heterocycles. The molecule has 4 aliphatic rings. The van der Waals surface area contributed by atoms with Crippen molar-refractivity contribution in [2.75, 3.05) is 6.54 Å². The van der Waals surface area contributed by atoms with E-state index in [1.54, 1.807) is 24.8 Å². The molecule has 3 heterocycles. The van der Waals surface area contributed by atoms with Crippen molar-refractivity contribution >= 4 is 17.5 Å². The molecule has 4 unspecified atom stereocenters. The smallest absolute Gasteiger partial charge is 0.256 e. The van der Waals surface area contributed by atoms with Gasteiger partial charge in [0.2, 0.25) is 0 Å². The van der Waals surface area contributed by atoms with Gasteiger partial charge in [-0.05, 0) is 88.4 Å². The summed E-state index contributed by atoms with van der Waals surface area (Å²) < 4.78 is 0. The lowest BCUT2D eigenvalue weighted by molar-refractivity contribution is -0.141. The predicted octanol–water partition coefficient (Wildman–Crippen LogP) is 7.50. The number of amides is 1. The highest BCUT2D eigenvalue weighted by Gasteiger charge is 2.57. The normalized spacial score (nSPS) is 24.3. The van der Waals surface area contributed by atoms with Crippen LogP contribution in [0.1, 0.15) is 61.5 Å². The molecule has 3 saturated carbocycles. The Morgan fingerprint density at radius 3 is 1.96 bits per heavy atom. The number of aliphatic imine (C=N–C) groups is 1. The van der Waals surface area contributed by atoms with Crippen LogP contribution in [0.25, 0.3) is 11.1 Å². The number of Topliss-reactive ketones (excluding diaryl/α,β-unsaturated/α-hetero) is 1. The van der Waals surface area contributed by atoms with Crippen LogP contribution in [0.4, 0.5) is 0 Å². The molecule has 8 rings (SSSR count). The van der Waals surface area contributed by atoms with Crippen molar-refractivity contribution < 1.29 is 9.59 Å². The Balaban J connectivity index is 1.22. The number of amidine groups is 1. The number of hydrogen-bond donors (Lipinski definition) is 0. The number of rotatable bonds is 10. The molecule has 4 aromatic rings. The average Bonchev–Trinajstić information content (AvgIpc) is 3.31. The Bertz CT molecular complexity index is 1690. The van der Waals surface area contributed by atoms with E-state index < -0.39 is 5.54 Å². The van der Waals surface area contributed by atoms with E-state index in [0.717, 1.165) is 28.7 Å². The lowest BCUT2D eigenvalue weighted by atomic mass is 9.43. The molecule has 1 amide bonds. The standard InChI is InChI=1S/C40H42N4O2/c1-27-33(21-34-22-35(27)39(34,2)3)26-44-37(23-36(45)32-11-9-31(10-12-32)30-7-5-4-6-8-30)43-40(38(44)46,24-28-13-17-41-18-14-28)25-29-15-19-42-20-16-29/h4-20,27,33-35H,21-26H2,1-3H3. The molecular weight excluding hydrogens is 568 g/mol. The van der Waals surface area contributed by atoms with Gasteiger partial charge in [0, 0.05) is 49.7 Å². The first-order valence-corrected chi connectivity index (χ1v) is 16.6. The van der Waals surface area contributed by atoms with Crippen LogP contribution in [-0.2, 0) is 17.6 Å². The fourth-order valence-electron chi connectivity index (χ4n) is 8.47. The zero-order valence-electron chi connectivity index (χ0n) is 27.0. The van der Waals surface area contributed by atoms with Crippen LogP contribution in [0.3, 0.4) is 0 Å². The Labute approximate surface area is 272 Å². The highest BCUT2D eigenvalue weighted by atomic mass is 16.2. The van der Waals surface area contributed by atoms with Gasteiger partial charge in [0.15, 0.2) is 5.78 Å². The molecule has 234 valence electrons. The van der Waals surface area contributed by atoms with Crippen molar-refractivity contribution in [1.82, 2.24) is 14.9 Å². The minimum atomic E-state index is -1.05. The maximum atomic E-state index is 14.8. The molecule has 6 nitrogen and oxygen atoms in total. The summed E-state index contributed by atoms with van der Waals surface area (Å²) in [5.41, 5.74) is 4.11. The molecule has 0 N–H and O–H groups in total. The highest BCUT2D eigenvalue weighted by molar-refractivity contribution is 6.17. The van der Waals surface area contributed by atoms with Gasteiger partial charge < -0.3 is 0 Å². The first kappa shape index (κ1) is 30.2. The Morgan fingerprint density at radius 1 is 0.804 bits per heavy atom. The summed E-state index contributed by atoms with van der Waals surface area (Å²) in [6.45, 7) is 7.78. The van der Waals surface area contributed by atoms with Crippen molar-refractivity contribution in [2.24, 2.45) is 34.1 Å². The number of carbonyl (C=O) groups is 2. The Hall–Kier alpha value is -4.45. The molecule has 1 aliphatic heterocycles. The zero-order chi connectivity index (χ0) is 31.9. The molecule has 0 radical (unpaired) electrons. The second-order valence-electron chi connectivity index (χ2n) is 14.3. The van der Waals surface area contributed by atoms with E-state index in [1.165, 1.54) is 6.42 Å². The average molecular weight is 611 g/mol. The number of nitrogens with zero attached hydrogens (tertiary/aromatic N) is 4. The lowest BCUT2D eigenvalue weighted by Gasteiger charge is -2.62. The van der Waals surface area contributed by atoms with E-state index in [1.807, 2.05) is 71.6 Å². The number of ketones is 1. The van der Waals surface area contributed by atoms with E-state index in [-0.39, 0.29) is 18.1 Å². The highest BCUT2D eigenvalue weighted by Crippen LogP contribution is 2.63. The van der Waals surface area contributed by atoms with Crippen molar-refractivity contribution in [3.63, 3.8) is 0 Å². The third kappa shape index (κ3) is 5.59. The predicted molar refractivity (Wildman–Crippen MR) is 181 cm³/mol. The summed E-state index contributed by atoms with van der Waals surface area (Å²) in [5.74, 6) is 2.79. The van der Waals surface area contributed by atoms with Gasteiger partial charge in [0.1, 0.15) is 11.4 Å². The van der Waals surface area contributed by atoms with E-state index in [2.05, 4.69) is 42.9 Å². The number of fused-ring (bicyclic) bond motifs is 2. The summed E-state index contributed by atoms with van der Waals surface area (Å²) in [6.07, 6.45) is 10.4. The van der Waals surface area contributed by atoms with Gasteiger partial charge in [-0.1, -0.05) is 75.4 Å². The van der Waals surface area contributed by atoms with Gasteiger partial charge in [0.25, 0.3) is 5.91 Å². The number of benzene rings is 2. The molecule has 46 heavy (non-hydrogen) atoms. The van der Waals surface area contributed by atoms with Gasteiger partial charge in [-0.25, -0.2) is 0 Å². The maximum Gasteiger partial charge on any atom is 0.256 e. The lowest BCUT2D eigenvalue weighted by Crippen LogP contribution is -2.57. The van der Waals surface area contributed by atoms with E-state index in [4.69, 9.17) is 4.99 Å². The number of aromatic nitrogens is 2. The molecule has 4 atom stereocenters. The van der Waals surface area contributed by atoms with Gasteiger partial charge >= 0.3 is 0 Å². The van der Waals surface area contributed by atoms with Gasteiger partial charge in [-0.2, -0.15) is 0 Å². The Morgan fingerprint density at radius 2 is 1.39 bits per heavy atom. The molecule has 6 heteroatoms. The van der Waals surface area contributed by atoms with Crippen LogP contribution >= 0.6 is 0 Å². The SMILES string of the molecule is CC1C(CN2C(=O)C(Cc3ccncc3)(Cc3ccncc3)N=C2CC(=O)c2ccc(-c3ccccc3)cc2)CC2CC1C2(C)C. The second kappa shape index (κ2) is 12.1. The van der Waals surface area contributed by atoms with Crippen LogP contribution in [0, 0.1) is 29.1 Å². The third-order valence-electron chi connectivity index (χ3n) is 11.4. The zero-order valence-corrected chi connectivity index (χ0v) is 27.0. The van der Waals surface area contributed by atoms with Crippen molar-refractivity contribution in [1.29, 1.82) is 0 Å². The summed E-state index contributed by atoms with van der Waals surface area (Å²) in [6, 6.07) is 25.8. The fourth-order valence-corrected chi connectivity index (χ4v) is 8.47. The molecule has 3 fully saturated rings. The number of carbonyl (C=O) groups excluding carboxylic acids is 2. The number of hydrogen-bond acceptors (Lipinski definition) is 5. The summed E-state index contributed by atoms with van der Waals surface area (Å²) >= 11 is 0. The van der Waals surface area contributed by atoms with Crippen molar-refractivity contribution in [3.05, 3.63) is 120 Å². The third-order valence-corrected chi connectivity index (χ3v) is 11.4. The van der Waals surface area contributed by atoms with Crippen LogP contribution in [0.15, 0.2) is 109 Å².